The van der Waals surface area contributed by atoms with Gasteiger partial charge in [0.1, 0.15) is 42.1 Å². The highest BCUT2D eigenvalue weighted by molar-refractivity contribution is 6.04. The molecule has 0 fully saturated rings. The van der Waals surface area contributed by atoms with Crippen LogP contribution in [-0.4, -0.2) is 46.2 Å². The second-order valence-corrected chi connectivity index (χ2v) is 9.73. The van der Waals surface area contributed by atoms with E-state index in [0.717, 1.165) is 11.1 Å². The second-order valence-electron chi connectivity index (χ2n) is 9.73. The van der Waals surface area contributed by atoms with Gasteiger partial charge in [0.25, 0.3) is 0 Å². The van der Waals surface area contributed by atoms with Gasteiger partial charge in [-0.1, -0.05) is 66.7 Å². The minimum atomic E-state index is -1.02. The van der Waals surface area contributed by atoms with Crippen LogP contribution in [0, 0.1) is 0 Å². The van der Waals surface area contributed by atoms with Crippen LogP contribution in [0.1, 0.15) is 39.9 Å². The summed E-state index contributed by atoms with van der Waals surface area (Å²) in [6, 6.07) is 29.1. The fraction of sp³-hybridized carbons (Fsp3) is 0.257. The van der Waals surface area contributed by atoms with E-state index in [1.807, 2.05) is 60.7 Å². The van der Waals surface area contributed by atoms with E-state index in [-0.39, 0.29) is 24.7 Å². The molecule has 0 aliphatic heterocycles. The fourth-order valence-electron chi connectivity index (χ4n) is 4.57. The third-order valence-corrected chi connectivity index (χ3v) is 6.64. The highest BCUT2D eigenvalue weighted by Gasteiger charge is 2.35. The van der Waals surface area contributed by atoms with Crippen LogP contribution in [0.15, 0.2) is 97.1 Å². The summed E-state index contributed by atoms with van der Waals surface area (Å²) < 4.78 is 39.6. The number of ketones is 1. The fourth-order valence-corrected chi connectivity index (χ4v) is 4.57. The summed E-state index contributed by atoms with van der Waals surface area (Å²) in [5.74, 6) is -0.668. The van der Waals surface area contributed by atoms with E-state index >= 15 is 0 Å². The number of rotatable bonds is 16. The molecule has 4 aromatic carbocycles. The molecule has 4 rings (SSSR count). The molecule has 0 amide bonds. The first-order chi connectivity index (χ1) is 21.4. The van der Waals surface area contributed by atoms with Gasteiger partial charge in [0.15, 0.2) is 18.9 Å². The Kier molecular flexibility index (Phi) is 11.9. The lowest BCUT2D eigenvalue weighted by molar-refractivity contribution is -0.131. The van der Waals surface area contributed by atoms with Gasteiger partial charge < -0.3 is 33.2 Å². The number of hydrogen-bond acceptors (Lipinski definition) is 9. The van der Waals surface area contributed by atoms with Crippen molar-refractivity contribution in [1.29, 1.82) is 0 Å². The molecular weight excluding hydrogens is 564 g/mol. The van der Waals surface area contributed by atoms with E-state index < -0.39 is 24.0 Å². The quantitative estimate of drug-likeness (QED) is 0.0632. The SMILES string of the molecule is COCOc1ccc(C(C(=O)c2ccc(OCc3ccccc3)cc2OC(C)=O)C(OC)OC)c(OCc2ccccc2)c1. The number of benzene rings is 4. The van der Waals surface area contributed by atoms with Crippen LogP contribution < -0.4 is 18.9 Å². The Hall–Kier alpha value is -4.70. The molecule has 0 aliphatic rings. The van der Waals surface area contributed by atoms with Gasteiger partial charge >= 0.3 is 5.97 Å². The molecule has 1 atom stereocenters. The predicted molar refractivity (Wildman–Crippen MR) is 163 cm³/mol. The van der Waals surface area contributed by atoms with Crippen molar-refractivity contribution in [3.8, 4) is 23.0 Å². The minimum absolute atomic E-state index is 0.0308. The first kappa shape index (κ1) is 32.2. The monoisotopic (exact) mass is 600 g/mol. The van der Waals surface area contributed by atoms with Crippen molar-refractivity contribution in [2.24, 2.45) is 0 Å². The van der Waals surface area contributed by atoms with Gasteiger partial charge in [-0.15, -0.1) is 0 Å². The highest BCUT2D eigenvalue weighted by Crippen LogP contribution is 2.39. The van der Waals surface area contributed by atoms with E-state index in [1.54, 1.807) is 30.3 Å². The summed E-state index contributed by atoms with van der Waals surface area (Å²) in [4.78, 5) is 26.5. The average Bonchev–Trinajstić information content (AvgIpc) is 3.05. The third kappa shape index (κ3) is 8.67. The molecule has 9 nitrogen and oxygen atoms in total. The zero-order chi connectivity index (χ0) is 31.3. The van der Waals surface area contributed by atoms with Gasteiger partial charge in [-0.25, -0.2) is 0 Å². The lowest BCUT2D eigenvalue weighted by atomic mass is 9.88. The molecule has 1 unspecified atom stereocenters. The Labute approximate surface area is 257 Å². The summed E-state index contributed by atoms with van der Waals surface area (Å²) in [6.45, 7) is 1.83. The van der Waals surface area contributed by atoms with Crippen molar-refractivity contribution < 1.29 is 42.7 Å². The molecule has 9 heteroatoms. The van der Waals surface area contributed by atoms with Gasteiger partial charge in [0.2, 0.25) is 0 Å². The maximum Gasteiger partial charge on any atom is 0.308 e. The molecule has 0 saturated carbocycles. The molecule has 0 saturated heterocycles. The first-order valence-corrected chi connectivity index (χ1v) is 13.9. The summed E-state index contributed by atoms with van der Waals surface area (Å²) >= 11 is 0. The van der Waals surface area contributed by atoms with E-state index in [1.165, 1.54) is 34.3 Å². The van der Waals surface area contributed by atoms with E-state index in [4.69, 9.17) is 33.2 Å². The number of carbonyl (C=O) groups excluding carboxylic acids is 2. The predicted octanol–water partition coefficient (Wildman–Crippen LogP) is 6.34. The molecule has 0 heterocycles. The number of carbonyl (C=O) groups is 2. The van der Waals surface area contributed by atoms with Gasteiger partial charge in [0.05, 0.1) is 5.56 Å². The third-order valence-electron chi connectivity index (χ3n) is 6.64. The second kappa shape index (κ2) is 16.2. The normalized spacial score (nSPS) is 11.6. The van der Waals surface area contributed by atoms with Crippen LogP contribution in [0.5, 0.6) is 23.0 Å². The summed E-state index contributed by atoms with van der Waals surface area (Å²) in [7, 11) is 4.42. The number of methoxy groups -OCH3 is 3. The zero-order valence-corrected chi connectivity index (χ0v) is 25.2. The first-order valence-electron chi connectivity index (χ1n) is 13.9. The molecule has 230 valence electrons. The Morgan fingerprint density at radius 1 is 0.659 bits per heavy atom. The number of esters is 1. The van der Waals surface area contributed by atoms with Crippen LogP contribution in [0.25, 0.3) is 0 Å². The molecule has 0 N–H and O–H groups in total. The molecule has 0 spiro atoms. The van der Waals surface area contributed by atoms with Crippen LogP contribution >= 0.6 is 0 Å². The van der Waals surface area contributed by atoms with Crippen molar-refractivity contribution in [1.82, 2.24) is 0 Å². The van der Waals surface area contributed by atoms with Crippen LogP contribution in [0.2, 0.25) is 0 Å². The average molecular weight is 601 g/mol. The van der Waals surface area contributed by atoms with Crippen molar-refractivity contribution >= 4 is 11.8 Å². The summed E-state index contributed by atoms with van der Waals surface area (Å²) in [5, 5.41) is 0. The number of hydrogen-bond donors (Lipinski definition) is 0. The van der Waals surface area contributed by atoms with Crippen molar-refractivity contribution in [2.75, 3.05) is 28.1 Å². The van der Waals surface area contributed by atoms with E-state index in [2.05, 4.69) is 0 Å². The topological polar surface area (TPSA) is 98.8 Å². The molecule has 0 aromatic heterocycles. The summed E-state index contributed by atoms with van der Waals surface area (Å²) in [6.07, 6.45) is -1.01. The zero-order valence-electron chi connectivity index (χ0n) is 25.2. The van der Waals surface area contributed by atoms with Crippen molar-refractivity contribution in [2.45, 2.75) is 32.3 Å². The smallest absolute Gasteiger partial charge is 0.308 e. The van der Waals surface area contributed by atoms with Crippen molar-refractivity contribution in [3.05, 3.63) is 119 Å². The van der Waals surface area contributed by atoms with Gasteiger partial charge in [0, 0.05) is 45.9 Å². The van der Waals surface area contributed by atoms with Gasteiger partial charge in [-0.05, 0) is 29.3 Å². The van der Waals surface area contributed by atoms with Gasteiger partial charge in [-0.2, -0.15) is 0 Å². The Morgan fingerprint density at radius 2 is 1.23 bits per heavy atom. The molecule has 0 radical (unpaired) electrons. The molecule has 44 heavy (non-hydrogen) atoms. The van der Waals surface area contributed by atoms with E-state index in [0.29, 0.717) is 29.4 Å². The standard InChI is InChI=1S/C35H36O9/c1-24(36)44-32-20-27(41-21-25-11-7-5-8-12-25)16-18-30(32)34(37)33(35(39-3)40-4)29-17-15-28(43-23-38-2)19-31(29)42-22-26-13-9-6-10-14-26/h5-20,33,35H,21-23H2,1-4H3. The highest BCUT2D eigenvalue weighted by atomic mass is 16.7. The molecule has 0 bridgehead atoms. The Balaban J connectivity index is 1.73. The molecule has 0 aliphatic carbocycles. The van der Waals surface area contributed by atoms with Crippen LogP contribution in [0.3, 0.4) is 0 Å². The Bertz CT molecular complexity index is 1500. The lowest BCUT2D eigenvalue weighted by Crippen LogP contribution is -2.30. The number of ether oxygens (including phenoxy) is 7. The summed E-state index contributed by atoms with van der Waals surface area (Å²) in [5.41, 5.74) is 2.53. The Morgan fingerprint density at radius 3 is 1.82 bits per heavy atom. The van der Waals surface area contributed by atoms with Gasteiger partial charge in [-0.3, -0.25) is 9.59 Å². The maximum atomic E-state index is 14.4. The largest absolute Gasteiger partial charge is 0.489 e. The van der Waals surface area contributed by atoms with Crippen LogP contribution in [-0.2, 0) is 32.2 Å². The van der Waals surface area contributed by atoms with Crippen LogP contribution in [0.4, 0.5) is 0 Å². The minimum Gasteiger partial charge on any atom is -0.489 e. The molecular formula is C35H36O9. The maximum absolute atomic E-state index is 14.4. The number of Topliss-reactive ketones (excluding diaryl/α,β-unsaturated/α-hetero) is 1. The molecule has 4 aromatic rings. The van der Waals surface area contributed by atoms with E-state index in [9.17, 15) is 9.59 Å². The lowest BCUT2D eigenvalue weighted by Gasteiger charge is -2.27. The van der Waals surface area contributed by atoms with Crippen molar-refractivity contribution in [3.63, 3.8) is 0 Å².